The van der Waals surface area contributed by atoms with Crippen molar-refractivity contribution < 1.29 is 9.53 Å². The van der Waals surface area contributed by atoms with Crippen molar-refractivity contribution in [1.82, 2.24) is 14.8 Å². The monoisotopic (exact) mass is 429 g/mol. The zero-order valence-corrected chi connectivity index (χ0v) is 18.1. The number of aryl methyl sites for hydroxylation is 1. The smallest absolute Gasteiger partial charge is 0.191 e. The van der Waals surface area contributed by atoms with E-state index >= 15 is 0 Å². The highest BCUT2D eigenvalue weighted by molar-refractivity contribution is 7.99. The second kappa shape index (κ2) is 10.1. The summed E-state index contributed by atoms with van der Waals surface area (Å²) in [4.78, 5) is 12.6. The first-order chi connectivity index (χ1) is 15.3. The van der Waals surface area contributed by atoms with E-state index in [1.54, 1.807) is 7.11 Å². The number of methoxy groups -OCH3 is 1. The average molecular weight is 430 g/mol. The van der Waals surface area contributed by atoms with E-state index in [1.165, 1.54) is 17.3 Å². The first-order valence-electron chi connectivity index (χ1n) is 10.1. The summed E-state index contributed by atoms with van der Waals surface area (Å²) in [6.45, 7) is 0.701. The van der Waals surface area contributed by atoms with Crippen LogP contribution in [0.3, 0.4) is 0 Å². The number of Topliss-reactive ketones (excluding diaryl/α,β-unsaturated/α-hetero) is 1. The Bertz CT molecular complexity index is 1140. The van der Waals surface area contributed by atoms with E-state index in [1.807, 2.05) is 72.8 Å². The Kier molecular flexibility index (Phi) is 6.79. The molecule has 0 saturated carbocycles. The third-order valence-corrected chi connectivity index (χ3v) is 5.93. The van der Waals surface area contributed by atoms with Crippen molar-refractivity contribution in [3.8, 4) is 17.1 Å². The molecule has 0 aliphatic carbocycles. The molecule has 1 heterocycles. The normalized spacial score (nSPS) is 10.7. The Hall–Kier alpha value is -3.38. The largest absolute Gasteiger partial charge is 0.496 e. The summed E-state index contributed by atoms with van der Waals surface area (Å²) in [5, 5.41) is 9.60. The van der Waals surface area contributed by atoms with Crippen molar-refractivity contribution in [1.29, 1.82) is 0 Å². The number of ether oxygens (including phenoxy) is 1. The lowest BCUT2D eigenvalue weighted by molar-refractivity contribution is 0.102. The van der Waals surface area contributed by atoms with Gasteiger partial charge in [0.25, 0.3) is 0 Å². The molecule has 4 rings (SSSR count). The quantitative estimate of drug-likeness (QED) is 0.271. The number of thioether (sulfide) groups is 1. The summed E-state index contributed by atoms with van der Waals surface area (Å²) >= 11 is 1.41. The molecule has 0 spiro atoms. The maximum atomic E-state index is 12.6. The lowest BCUT2D eigenvalue weighted by atomic mass is 10.1. The van der Waals surface area contributed by atoms with E-state index in [0.717, 1.165) is 28.7 Å². The van der Waals surface area contributed by atoms with Crippen LogP contribution < -0.4 is 4.74 Å². The van der Waals surface area contributed by atoms with Crippen molar-refractivity contribution in [3.05, 3.63) is 96.1 Å². The van der Waals surface area contributed by atoms with Crippen LogP contribution in [0.15, 0.2) is 90.1 Å². The predicted molar refractivity (Wildman–Crippen MR) is 124 cm³/mol. The average Bonchev–Trinajstić information content (AvgIpc) is 3.24. The Balaban J connectivity index is 1.61. The number of carbonyl (C=O) groups excluding carboxylic acids is 1. The van der Waals surface area contributed by atoms with Gasteiger partial charge in [-0.15, -0.1) is 10.2 Å². The molecule has 0 aliphatic heterocycles. The summed E-state index contributed by atoms with van der Waals surface area (Å²) in [6, 6.07) is 27.4. The molecule has 0 aliphatic rings. The minimum Gasteiger partial charge on any atom is -0.496 e. The number of nitrogens with zero attached hydrogens (tertiary/aromatic N) is 3. The fourth-order valence-electron chi connectivity index (χ4n) is 3.35. The molecule has 3 aromatic carbocycles. The van der Waals surface area contributed by atoms with Crippen LogP contribution in [0, 0.1) is 0 Å². The van der Waals surface area contributed by atoms with E-state index in [2.05, 4.69) is 26.9 Å². The van der Waals surface area contributed by atoms with Gasteiger partial charge in [0.1, 0.15) is 5.75 Å². The van der Waals surface area contributed by atoms with Crippen LogP contribution in [0.25, 0.3) is 11.4 Å². The van der Waals surface area contributed by atoms with Gasteiger partial charge in [0.2, 0.25) is 0 Å². The molecule has 0 bridgehead atoms. The molecule has 0 saturated heterocycles. The van der Waals surface area contributed by atoms with Gasteiger partial charge >= 0.3 is 0 Å². The highest BCUT2D eigenvalue weighted by Crippen LogP contribution is 2.31. The van der Waals surface area contributed by atoms with Gasteiger partial charge < -0.3 is 9.30 Å². The van der Waals surface area contributed by atoms with Crippen molar-refractivity contribution in [2.45, 2.75) is 18.1 Å². The summed E-state index contributed by atoms with van der Waals surface area (Å²) in [6.07, 6.45) is 0.835. The van der Waals surface area contributed by atoms with Crippen LogP contribution in [-0.2, 0) is 13.0 Å². The lowest BCUT2D eigenvalue weighted by Gasteiger charge is -2.12. The highest BCUT2D eigenvalue weighted by Gasteiger charge is 2.18. The molecule has 0 amide bonds. The van der Waals surface area contributed by atoms with Crippen LogP contribution in [0.4, 0.5) is 0 Å². The summed E-state index contributed by atoms with van der Waals surface area (Å²) < 4.78 is 7.62. The van der Waals surface area contributed by atoms with Crippen molar-refractivity contribution >= 4 is 17.5 Å². The molecule has 6 heteroatoms. The second-order valence-electron chi connectivity index (χ2n) is 6.97. The first kappa shape index (κ1) is 20.9. The van der Waals surface area contributed by atoms with Gasteiger partial charge in [-0.05, 0) is 24.1 Å². The predicted octanol–water partition coefficient (Wildman–Crippen LogP) is 5.17. The minimum atomic E-state index is 0.0713. The minimum absolute atomic E-state index is 0.0713. The SMILES string of the molecule is COc1ccccc1-c1nnc(SCC(=O)c2ccccc2)n1CCc1ccccc1. The lowest BCUT2D eigenvalue weighted by Crippen LogP contribution is -2.08. The third-order valence-electron chi connectivity index (χ3n) is 4.96. The molecule has 156 valence electrons. The van der Waals surface area contributed by atoms with Crippen molar-refractivity contribution in [2.24, 2.45) is 0 Å². The van der Waals surface area contributed by atoms with Gasteiger partial charge in [-0.25, -0.2) is 0 Å². The number of hydrogen-bond acceptors (Lipinski definition) is 5. The fourth-order valence-corrected chi connectivity index (χ4v) is 4.21. The van der Waals surface area contributed by atoms with Crippen molar-refractivity contribution in [2.75, 3.05) is 12.9 Å². The Morgan fingerprint density at radius 2 is 1.58 bits per heavy atom. The van der Waals surface area contributed by atoms with E-state index in [9.17, 15) is 4.79 Å². The standard InChI is InChI=1S/C25H23N3O2S/c1-30-23-15-9-8-14-21(23)24-26-27-25(28(24)17-16-19-10-4-2-5-11-19)31-18-22(29)20-12-6-3-7-13-20/h2-15H,16-18H2,1H3. The number of hydrogen-bond donors (Lipinski definition) is 0. The topological polar surface area (TPSA) is 57.0 Å². The molecule has 0 atom stereocenters. The van der Waals surface area contributed by atoms with Crippen molar-refractivity contribution in [3.63, 3.8) is 0 Å². The molecule has 5 nitrogen and oxygen atoms in total. The van der Waals surface area contributed by atoms with Gasteiger partial charge in [-0.2, -0.15) is 0 Å². The van der Waals surface area contributed by atoms with Crippen LogP contribution in [0.1, 0.15) is 15.9 Å². The number of benzene rings is 3. The summed E-state index contributed by atoms with van der Waals surface area (Å²) in [5.41, 5.74) is 2.82. The molecular formula is C25H23N3O2S. The molecule has 0 N–H and O–H groups in total. The van der Waals surface area contributed by atoms with Crippen LogP contribution in [0.5, 0.6) is 5.75 Å². The van der Waals surface area contributed by atoms with Crippen LogP contribution in [0.2, 0.25) is 0 Å². The molecule has 0 fully saturated rings. The molecule has 31 heavy (non-hydrogen) atoms. The second-order valence-corrected chi connectivity index (χ2v) is 7.91. The highest BCUT2D eigenvalue weighted by atomic mass is 32.2. The van der Waals surface area contributed by atoms with Gasteiger partial charge in [-0.1, -0.05) is 84.6 Å². The van der Waals surface area contributed by atoms with Gasteiger partial charge in [-0.3, -0.25) is 4.79 Å². The van der Waals surface area contributed by atoms with Gasteiger partial charge in [0.15, 0.2) is 16.8 Å². The van der Waals surface area contributed by atoms with E-state index < -0.39 is 0 Å². The van der Waals surface area contributed by atoms with E-state index in [-0.39, 0.29) is 5.78 Å². The molecular weight excluding hydrogens is 406 g/mol. The Labute approximate surface area is 186 Å². The van der Waals surface area contributed by atoms with Crippen LogP contribution >= 0.6 is 11.8 Å². The zero-order chi connectivity index (χ0) is 21.5. The Morgan fingerprint density at radius 3 is 2.32 bits per heavy atom. The molecule has 1 aromatic heterocycles. The summed E-state index contributed by atoms with van der Waals surface area (Å²) in [7, 11) is 1.65. The third kappa shape index (κ3) is 5.03. The molecule has 0 unspecified atom stereocenters. The maximum absolute atomic E-state index is 12.6. The number of aromatic nitrogens is 3. The molecule has 0 radical (unpaired) electrons. The number of para-hydroxylation sites is 1. The molecule has 4 aromatic rings. The van der Waals surface area contributed by atoms with E-state index in [0.29, 0.717) is 17.9 Å². The van der Waals surface area contributed by atoms with Gasteiger partial charge in [0, 0.05) is 12.1 Å². The first-order valence-corrected chi connectivity index (χ1v) is 11.1. The van der Waals surface area contributed by atoms with E-state index in [4.69, 9.17) is 4.74 Å². The zero-order valence-electron chi connectivity index (χ0n) is 17.3. The number of rotatable bonds is 9. The number of carbonyl (C=O) groups is 1. The fraction of sp³-hybridized carbons (Fsp3) is 0.160. The van der Waals surface area contributed by atoms with Gasteiger partial charge in [0.05, 0.1) is 18.4 Å². The Morgan fingerprint density at radius 1 is 0.903 bits per heavy atom. The number of ketones is 1. The summed E-state index contributed by atoms with van der Waals surface area (Å²) in [5.74, 6) is 1.86. The maximum Gasteiger partial charge on any atom is 0.191 e. The van der Waals surface area contributed by atoms with Crippen LogP contribution in [-0.4, -0.2) is 33.4 Å².